The van der Waals surface area contributed by atoms with Crippen LogP contribution in [0.15, 0.2) is 12.1 Å². The Morgan fingerprint density at radius 3 is 2.37 bits per heavy atom. The van der Waals surface area contributed by atoms with E-state index in [1.54, 1.807) is 6.07 Å². The fourth-order valence-electron chi connectivity index (χ4n) is 2.71. The lowest BCUT2D eigenvalue weighted by atomic mass is 9.91. The van der Waals surface area contributed by atoms with Crippen LogP contribution in [0.2, 0.25) is 5.02 Å². The number of aliphatic carboxylic acids is 1. The second kappa shape index (κ2) is 5.33. The van der Waals surface area contributed by atoms with Crippen molar-refractivity contribution in [2.45, 2.75) is 33.1 Å². The molecule has 0 aliphatic heterocycles. The van der Waals surface area contributed by atoms with E-state index in [0.29, 0.717) is 29.8 Å². The van der Waals surface area contributed by atoms with Crippen LogP contribution in [-0.4, -0.2) is 16.9 Å². The summed E-state index contributed by atoms with van der Waals surface area (Å²) >= 11 is 6.03. The number of aryl methyl sites for hydroxylation is 2. The molecule has 0 amide bonds. The van der Waals surface area contributed by atoms with Crippen LogP contribution in [-0.2, 0) is 4.79 Å². The SMILES string of the molecule is Cc1cc(C(=O)C2CCC(C(=O)O)C2)c(C)cc1Cl. The zero-order valence-corrected chi connectivity index (χ0v) is 11.8. The lowest BCUT2D eigenvalue weighted by Crippen LogP contribution is -2.15. The van der Waals surface area contributed by atoms with Crippen molar-refractivity contribution >= 4 is 23.4 Å². The van der Waals surface area contributed by atoms with Crippen LogP contribution in [0.25, 0.3) is 0 Å². The van der Waals surface area contributed by atoms with E-state index in [2.05, 4.69) is 0 Å². The maximum Gasteiger partial charge on any atom is 0.306 e. The first-order valence-corrected chi connectivity index (χ1v) is 6.81. The number of halogens is 1. The molecule has 1 aromatic carbocycles. The number of hydrogen-bond acceptors (Lipinski definition) is 2. The molecule has 2 atom stereocenters. The van der Waals surface area contributed by atoms with E-state index in [4.69, 9.17) is 16.7 Å². The number of carbonyl (C=O) groups excluding carboxylic acids is 1. The summed E-state index contributed by atoms with van der Waals surface area (Å²) in [7, 11) is 0. The molecule has 102 valence electrons. The Labute approximate surface area is 117 Å². The van der Waals surface area contributed by atoms with Gasteiger partial charge in [0.1, 0.15) is 0 Å². The summed E-state index contributed by atoms with van der Waals surface area (Å²) in [4.78, 5) is 23.4. The topological polar surface area (TPSA) is 54.4 Å². The Hall–Kier alpha value is -1.35. The summed E-state index contributed by atoms with van der Waals surface area (Å²) in [6.45, 7) is 3.73. The second-order valence-corrected chi connectivity index (χ2v) is 5.73. The van der Waals surface area contributed by atoms with E-state index in [9.17, 15) is 9.59 Å². The number of Topliss-reactive ketones (excluding diaryl/α,β-unsaturated/α-hetero) is 1. The third-order valence-corrected chi connectivity index (χ3v) is 4.33. The van der Waals surface area contributed by atoms with Crippen LogP contribution in [0.3, 0.4) is 0 Å². The highest BCUT2D eigenvalue weighted by Crippen LogP contribution is 2.34. The van der Waals surface area contributed by atoms with Gasteiger partial charge in [0.25, 0.3) is 0 Å². The van der Waals surface area contributed by atoms with Crippen molar-refractivity contribution in [1.82, 2.24) is 0 Å². The highest BCUT2D eigenvalue weighted by molar-refractivity contribution is 6.31. The van der Waals surface area contributed by atoms with Gasteiger partial charge in [-0.15, -0.1) is 0 Å². The van der Waals surface area contributed by atoms with Crippen LogP contribution < -0.4 is 0 Å². The molecule has 1 saturated carbocycles. The maximum atomic E-state index is 12.5. The van der Waals surface area contributed by atoms with E-state index >= 15 is 0 Å². The van der Waals surface area contributed by atoms with Crippen LogP contribution in [0, 0.1) is 25.7 Å². The largest absolute Gasteiger partial charge is 0.481 e. The molecule has 0 aromatic heterocycles. The van der Waals surface area contributed by atoms with Crippen molar-refractivity contribution in [3.8, 4) is 0 Å². The summed E-state index contributed by atoms with van der Waals surface area (Å²) in [6.07, 6.45) is 1.71. The standard InChI is InChI=1S/C15H17ClO3/c1-8-6-13(16)9(2)5-12(8)14(17)10-3-4-11(7-10)15(18)19/h5-6,10-11H,3-4,7H2,1-2H3,(H,18,19). The molecule has 19 heavy (non-hydrogen) atoms. The van der Waals surface area contributed by atoms with Gasteiger partial charge in [-0.3, -0.25) is 9.59 Å². The fourth-order valence-corrected chi connectivity index (χ4v) is 2.93. The van der Waals surface area contributed by atoms with Crippen molar-refractivity contribution in [3.63, 3.8) is 0 Å². The molecule has 2 unspecified atom stereocenters. The summed E-state index contributed by atoms with van der Waals surface area (Å²) in [5.41, 5.74) is 2.42. The Morgan fingerprint density at radius 1 is 1.16 bits per heavy atom. The van der Waals surface area contributed by atoms with E-state index in [0.717, 1.165) is 11.1 Å². The number of rotatable bonds is 3. The van der Waals surface area contributed by atoms with Crippen molar-refractivity contribution in [2.75, 3.05) is 0 Å². The average molecular weight is 281 g/mol. The molecule has 1 aromatic rings. The molecule has 1 aliphatic rings. The highest BCUT2D eigenvalue weighted by atomic mass is 35.5. The van der Waals surface area contributed by atoms with Gasteiger partial charge in [-0.05, 0) is 56.4 Å². The first kappa shape index (κ1) is 14.1. The van der Waals surface area contributed by atoms with Crippen molar-refractivity contribution in [1.29, 1.82) is 0 Å². The maximum absolute atomic E-state index is 12.5. The lowest BCUT2D eigenvalue weighted by Gasteiger charge is -2.12. The zero-order chi connectivity index (χ0) is 14.2. The normalized spacial score (nSPS) is 22.5. The molecule has 0 bridgehead atoms. The van der Waals surface area contributed by atoms with E-state index < -0.39 is 5.97 Å². The van der Waals surface area contributed by atoms with Gasteiger partial charge in [-0.25, -0.2) is 0 Å². The average Bonchev–Trinajstić information content (AvgIpc) is 2.82. The molecule has 3 nitrogen and oxygen atoms in total. The van der Waals surface area contributed by atoms with Crippen molar-refractivity contribution in [2.24, 2.45) is 11.8 Å². The molecule has 1 aliphatic carbocycles. The van der Waals surface area contributed by atoms with Gasteiger partial charge < -0.3 is 5.11 Å². The molecule has 0 saturated heterocycles. The minimum atomic E-state index is -0.792. The van der Waals surface area contributed by atoms with E-state index in [-0.39, 0.29) is 17.6 Å². The zero-order valence-electron chi connectivity index (χ0n) is 11.1. The fraction of sp³-hybridized carbons (Fsp3) is 0.467. The van der Waals surface area contributed by atoms with Crippen LogP contribution in [0.1, 0.15) is 40.7 Å². The number of ketones is 1. The molecule has 4 heteroatoms. The minimum Gasteiger partial charge on any atom is -0.481 e. The van der Waals surface area contributed by atoms with Crippen molar-refractivity contribution in [3.05, 3.63) is 33.8 Å². The van der Waals surface area contributed by atoms with Gasteiger partial charge in [0, 0.05) is 16.5 Å². The van der Waals surface area contributed by atoms with Gasteiger partial charge >= 0.3 is 5.97 Å². The molecule has 0 radical (unpaired) electrons. The summed E-state index contributed by atoms with van der Waals surface area (Å²) in [6, 6.07) is 3.61. The van der Waals surface area contributed by atoms with Gasteiger partial charge in [0.05, 0.1) is 5.92 Å². The number of benzene rings is 1. The van der Waals surface area contributed by atoms with Crippen LogP contribution >= 0.6 is 11.6 Å². The number of hydrogen-bond donors (Lipinski definition) is 1. The molecule has 1 N–H and O–H groups in total. The van der Waals surface area contributed by atoms with E-state index in [1.807, 2.05) is 19.9 Å². The summed E-state index contributed by atoms with van der Waals surface area (Å²) < 4.78 is 0. The summed E-state index contributed by atoms with van der Waals surface area (Å²) in [5, 5.41) is 9.65. The van der Waals surface area contributed by atoms with Gasteiger partial charge in [-0.2, -0.15) is 0 Å². The third-order valence-electron chi connectivity index (χ3n) is 3.92. The molecule has 2 rings (SSSR count). The second-order valence-electron chi connectivity index (χ2n) is 5.33. The highest BCUT2D eigenvalue weighted by Gasteiger charge is 2.34. The third kappa shape index (κ3) is 2.81. The van der Waals surface area contributed by atoms with Crippen molar-refractivity contribution < 1.29 is 14.7 Å². The van der Waals surface area contributed by atoms with Gasteiger partial charge in [-0.1, -0.05) is 11.6 Å². The lowest BCUT2D eigenvalue weighted by molar-refractivity contribution is -0.141. The molecule has 0 spiro atoms. The van der Waals surface area contributed by atoms with Gasteiger partial charge in [0.2, 0.25) is 0 Å². The van der Waals surface area contributed by atoms with Gasteiger partial charge in [0.15, 0.2) is 5.78 Å². The Bertz CT molecular complexity index is 536. The predicted octanol–water partition coefficient (Wildman–Crippen LogP) is 3.64. The smallest absolute Gasteiger partial charge is 0.306 e. The Morgan fingerprint density at radius 2 is 1.79 bits per heavy atom. The quantitative estimate of drug-likeness (QED) is 0.860. The number of carbonyl (C=O) groups is 2. The molecule has 0 heterocycles. The molecule has 1 fully saturated rings. The predicted molar refractivity (Wildman–Crippen MR) is 73.7 cm³/mol. The monoisotopic (exact) mass is 280 g/mol. The summed E-state index contributed by atoms with van der Waals surface area (Å²) in [5.74, 6) is -1.27. The van der Waals surface area contributed by atoms with Crippen LogP contribution in [0.5, 0.6) is 0 Å². The van der Waals surface area contributed by atoms with Crippen LogP contribution in [0.4, 0.5) is 0 Å². The number of carboxylic acid groups (broad SMARTS) is 1. The number of carboxylic acids is 1. The Kier molecular flexibility index (Phi) is 3.95. The molecular formula is C15H17ClO3. The molecular weight excluding hydrogens is 264 g/mol. The first-order chi connectivity index (χ1) is 8.90. The van der Waals surface area contributed by atoms with E-state index in [1.165, 1.54) is 0 Å². The first-order valence-electron chi connectivity index (χ1n) is 6.44. The minimum absolute atomic E-state index is 0.0565. The Balaban J connectivity index is 2.22.